The molecule has 0 bridgehead atoms. The molecule has 23 heavy (non-hydrogen) atoms. The summed E-state index contributed by atoms with van der Waals surface area (Å²) in [5, 5.41) is 1.97. The van der Waals surface area contributed by atoms with Gasteiger partial charge in [-0.15, -0.1) is 0 Å². The maximum atomic E-state index is 13.2. The third kappa shape index (κ3) is 4.73. The van der Waals surface area contributed by atoms with Gasteiger partial charge in [0.15, 0.2) is 0 Å². The number of halogens is 5. The summed E-state index contributed by atoms with van der Waals surface area (Å²) >= 11 is 0. The van der Waals surface area contributed by atoms with Gasteiger partial charge in [-0.25, -0.2) is 18.0 Å². The van der Waals surface area contributed by atoms with Crippen molar-refractivity contribution in [2.75, 3.05) is 6.54 Å². The number of esters is 1. The summed E-state index contributed by atoms with van der Waals surface area (Å²) < 4.78 is 69.1. The molecule has 0 fully saturated rings. The average molecular weight is 339 g/mol. The Hall–Kier alpha value is -2.52. The number of hydrogen-bond donors (Lipinski definition) is 1. The Labute approximate surface area is 126 Å². The van der Waals surface area contributed by atoms with Crippen LogP contribution >= 0.6 is 0 Å². The van der Waals surface area contributed by atoms with Gasteiger partial charge < -0.3 is 14.8 Å². The zero-order valence-electron chi connectivity index (χ0n) is 11.6. The van der Waals surface area contributed by atoms with Crippen LogP contribution in [-0.4, -0.2) is 24.2 Å². The molecule has 0 radical (unpaired) electrons. The molecule has 0 aliphatic heterocycles. The number of carbonyl (C=O) groups is 3. The lowest BCUT2D eigenvalue weighted by Crippen LogP contribution is -2.32. The first-order valence-corrected chi connectivity index (χ1v) is 6.13. The summed E-state index contributed by atoms with van der Waals surface area (Å²) in [7, 11) is 0. The molecule has 1 aromatic rings. The van der Waals surface area contributed by atoms with Gasteiger partial charge in [-0.05, 0) is 6.92 Å². The van der Waals surface area contributed by atoms with Crippen molar-refractivity contribution in [3.63, 3.8) is 0 Å². The van der Waals surface area contributed by atoms with Gasteiger partial charge in [0.25, 0.3) is 0 Å². The van der Waals surface area contributed by atoms with Crippen molar-refractivity contribution in [3.05, 3.63) is 29.1 Å². The van der Waals surface area contributed by atoms with E-state index in [2.05, 4.69) is 4.74 Å². The number of carbonyl (C=O) groups excluding carboxylic acids is 3. The number of ether oxygens (including phenoxy) is 1. The zero-order valence-corrected chi connectivity index (χ0v) is 11.6. The van der Waals surface area contributed by atoms with Crippen molar-refractivity contribution in [1.82, 2.24) is 5.32 Å². The van der Waals surface area contributed by atoms with E-state index in [4.69, 9.17) is 0 Å². The molecule has 0 atom stereocenters. The van der Waals surface area contributed by atoms with E-state index in [0.29, 0.717) is 0 Å². The lowest BCUT2D eigenvalue weighted by atomic mass is 10.2. The van der Waals surface area contributed by atoms with Crippen molar-refractivity contribution in [2.24, 2.45) is 0 Å². The van der Waals surface area contributed by atoms with Gasteiger partial charge in [0, 0.05) is 12.8 Å². The summed E-state index contributed by atoms with van der Waals surface area (Å²) in [5.41, 5.74) is 0. The Bertz CT molecular complexity index is 633. The first-order valence-electron chi connectivity index (χ1n) is 6.13. The van der Waals surface area contributed by atoms with Crippen LogP contribution < -0.4 is 10.1 Å². The highest BCUT2D eigenvalue weighted by atomic mass is 19.2. The Morgan fingerprint density at radius 2 is 1.35 bits per heavy atom. The van der Waals surface area contributed by atoms with E-state index < -0.39 is 53.3 Å². The monoisotopic (exact) mass is 339 g/mol. The minimum Gasteiger partial charge on any atom is -0.419 e. The van der Waals surface area contributed by atoms with Gasteiger partial charge in [0.05, 0.1) is 0 Å². The molecule has 1 rings (SSSR count). The quantitative estimate of drug-likeness (QED) is 0.282. The lowest BCUT2D eigenvalue weighted by Gasteiger charge is -2.09. The fourth-order valence-electron chi connectivity index (χ4n) is 1.37. The van der Waals surface area contributed by atoms with Crippen LogP contribution in [0.2, 0.25) is 0 Å². The fraction of sp³-hybridized carbons (Fsp3) is 0.308. The highest BCUT2D eigenvalue weighted by Crippen LogP contribution is 2.29. The molecule has 0 spiro atoms. The maximum absolute atomic E-state index is 13.2. The van der Waals surface area contributed by atoms with Crippen molar-refractivity contribution in [3.8, 4) is 5.75 Å². The smallest absolute Gasteiger partial charge is 0.331 e. The van der Waals surface area contributed by atoms with Crippen LogP contribution in [0, 0.1) is 29.1 Å². The van der Waals surface area contributed by atoms with Crippen LogP contribution in [0.5, 0.6) is 5.75 Å². The molecule has 0 aromatic heterocycles. The number of nitrogens with one attached hydrogen (secondary N) is 1. The largest absolute Gasteiger partial charge is 0.419 e. The van der Waals surface area contributed by atoms with Crippen LogP contribution in [-0.2, 0) is 14.4 Å². The molecule has 0 heterocycles. The van der Waals surface area contributed by atoms with Crippen LogP contribution in [0.15, 0.2) is 0 Å². The number of benzene rings is 1. The summed E-state index contributed by atoms with van der Waals surface area (Å²) in [6.45, 7) is 0.362. The molecule has 0 aliphatic carbocycles. The SMILES string of the molecule is CC(=O)CCC(=O)NCC(=O)Oc1c(F)c(F)c(F)c(F)c1F. The summed E-state index contributed by atoms with van der Waals surface area (Å²) in [5.74, 6) is -15.8. The molecule has 5 nitrogen and oxygen atoms in total. The fourth-order valence-corrected chi connectivity index (χ4v) is 1.37. The Morgan fingerprint density at radius 3 is 1.83 bits per heavy atom. The second kappa shape index (κ2) is 7.65. The molecular formula is C13H10F5NO4. The van der Waals surface area contributed by atoms with Crippen molar-refractivity contribution in [2.45, 2.75) is 19.8 Å². The summed E-state index contributed by atoms with van der Waals surface area (Å²) in [4.78, 5) is 33.1. The van der Waals surface area contributed by atoms with E-state index in [1.807, 2.05) is 5.32 Å². The number of ketones is 1. The average Bonchev–Trinajstić information content (AvgIpc) is 2.51. The number of rotatable bonds is 6. The van der Waals surface area contributed by atoms with Gasteiger partial charge in [0.1, 0.15) is 12.3 Å². The molecule has 10 heteroatoms. The van der Waals surface area contributed by atoms with Gasteiger partial charge in [-0.3, -0.25) is 4.79 Å². The molecule has 0 unspecified atom stereocenters. The zero-order chi connectivity index (χ0) is 17.7. The van der Waals surface area contributed by atoms with Gasteiger partial charge in [-0.1, -0.05) is 0 Å². The molecule has 0 saturated carbocycles. The molecular weight excluding hydrogens is 329 g/mol. The molecule has 0 saturated heterocycles. The minimum absolute atomic E-state index is 0.0848. The normalized spacial score (nSPS) is 10.3. The highest BCUT2D eigenvalue weighted by molar-refractivity contribution is 5.86. The highest BCUT2D eigenvalue weighted by Gasteiger charge is 2.28. The molecule has 1 aromatic carbocycles. The van der Waals surface area contributed by atoms with Crippen LogP contribution in [0.25, 0.3) is 0 Å². The molecule has 0 aliphatic rings. The van der Waals surface area contributed by atoms with E-state index >= 15 is 0 Å². The standard InChI is InChI=1S/C13H10F5NO4/c1-5(20)2-3-6(21)19-4-7(22)23-13-11(17)9(15)8(14)10(16)12(13)18/h2-4H2,1H3,(H,19,21). The topological polar surface area (TPSA) is 72.5 Å². The van der Waals surface area contributed by atoms with Crippen molar-refractivity contribution >= 4 is 17.7 Å². The predicted molar refractivity (Wildman–Crippen MR) is 64.8 cm³/mol. The molecule has 1 N–H and O–H groups in total. The maximum Gasteiger partial charge on any atom is 0.331 e. The summed E-state index contributed by atoms with van der Waals surface area (Å²) in [6, 6.07) is 0. The van der Waals surface area contributed by atoms with E-state index in [1.54, 1.807) is 0 Å². The predicted octanol–water partition coefficient (Wildman–Crippen LogP) is 1.77. The second-order valence-corrected chi connectivity index (χ2v) is 4.35. The molecule has 1 amide bonds. The van der Waals surface area contributed by atoms with Crippen LogP contribution in [0.4, 0.5) is 22.0 Å². The first-order chi connectivity index (χ1) is 10.6. The minimum atomic E-state index is -2.39. The van der Waals surface area contributed by atoms with Gasteiger partial charge in [0.2, 0.25) is 40.7 Å². The van der Waals surface area contributed by atoms with E-state index in [0.717, 1.165) is 0 Å². The van der Waals surface area contributed by atoms with Crippen molar-refractivity contribution < 1.29 is 41.1 Å². The number of hydrogen-bond acceptors (Lipinski definition) is 4. The Kier molecular flexibility index (Phi) is 6.17. The van der Waals surface area contributed by atoms with Crippen LogP contribution in [0.1, 0.15) is 19.8 Å². The van der Waals surface area contributed by atoms with Crippen molar-refractivity contribution in [1.29, 1.82) is 0 Å². The third-order valence-electron chi connectivity index (χ3n) is 2.52. The van der Waals surface area contributed by atoms with E-state index in [9.17, 15) is 36.3 Å². The Morgan fingerprint density at radius 1 is 0.870 bits per heavy atom. The number of amides is 1. The number of Topliss-reactive ketones (excluding diaryl/α,β-unsaturated/α-hetero) is 1. The lowest BCUT2D eigenvalue weighted by molar-refractivity contribution is -0.136. The van der Waals surface area contributed by atoms with Gasteiger partial charge >= 0.3 is 5.97 Å². The molecule has 126 valence electrons. The van der Waals surface area contributed by atoms with Crippen LogP contribution in [0.3, 0.4) is 0 Å². The first kappa shape index (κ1) is 18.5. The third-order valence-corrected chi connectivity index (χ3v) is 2.52. The van der Waals surface area contributed by atoms with E-state index in [-0.39, 0.29) is 18.6 Å². The Balaban J connectivity index is 2.72. The van der Waals surface area contributed by atoms with Gasteiger partial charge in [-0.2, -0.15) is 8.78 Å². The van der Waals surface area contributed by atoms with E-state index in [1.165, 1.54) is 6.92 Å². The second-order valence-electron chi connectivity index (χ2n) is 4.35. The summed E-state index contributed by atoms with van der Waals surface area (Å²) in [6.07, 6.45) is -0.316.